The summed E-state index contributed by atoms with van der Waals surface area (Å²) in [6, 6.07) is -0.126. The molecule has 0 bridgehead atoms. The van der Waals surface area contributed by atoms with Gasteiger partial charge in [0.05, 0.1) is 17.8 Å². The molecule has 1 aromatic rings. The van der Waals surface area contributed by atoms with Crippen molar-refractivity contribution >= 4 is 5.97 Å². The summed E-state index contributed by atoms with van der Waals surface area (Å²) >= 11 is 0. The largest absolute Gasteiger partial charge is 0.476 e. The van der Waals surface area contributed by atoms with Gasteiger partial charge < -0.3 is 10.2 Å². The summed E-state index contributed by atoms with van der Waals surface area (Å²) in [4.78, 5) is 11.1. The molecule has 6 heteroatoms. The van der Waals surface area contributed by atoms with Crippen molar-refractivity contribution in [3.63, 3.8) is 0 Å². The molecule has 6 nitrogen and oxygen atoms in total. The molecule has 1 fully saturated rings. The summed E-state index contributed by atoms with van der Waals surface area (Å²) in [5.41, 5.74) is 0.645. The summed E-state index contributed by atoms with van der Waals surface area (Å²) in [7, 11) is 0. The zero-order chi connectivity index (χ0) is 13.3. The smallest absolute Gasteiger partial charge is 0.358 e. The molecule has 0 spiro atoms. The molecule has 0 amide bonds. The van der Waals surface area contributed by atoms with E-state index in [0.29, 0.717) is 18.0 Å². The second kappa shape index (κ2) is 5.06. The Hall–Kier alpha value is -1.43. The van der Waals surface area contributed by atoms with Crippen LogP contribution in [0.1, 0.15) is 55.3 Å². The fraction of sp³-hybridized carbons (Fsp3) is 0.750. The van der Waals surface area contributed by atoms with Gasteiger partial charge in [-0.05, 0) is 31.6 Å². The van der Waals surface area contributed by atoms with Gasteiger partial charge in [-0.2, -0.15) is 0 Å². The molecular weight excluding hydrogens is 234 g/mol. The number of hydrogen-bond donors (Lipinski definition) is 2. The third kappa shape index (κ3) is 2.38. The van der Waals surface area contributed by atoms with Gasteiger partial charge in [0.15, 0.2) is 5.69 Å². The maximum absolute atomic E-state index is 11.1. The first-order chi connectivity index (χ1) is 8.50. The Kier molecular flexibility index (Phi) is 3.65. The third-order valence-corrected chi connectivity index (χ3v) is 3.35. The lowest BCUT2D eigenvalue weighted by atomic mass is 10.1. The van der Waals surface area contributed by atoms with Crippen molar-refractivity contribution in [2.45, 2.75) is 51.7 Å². The molecule has 0 aromatic carbocycles. The second-order valence-corrected chi connectivity index (χ2v) is 5.30. The first-order valence-electron chi connectivity index (χ1n) is 6.36. The molecule has 2 atom stereocenters. The number of carboxylic acid groups (broad SMARTS) is 1. The fourth-order valence-electron chi connectivity index (χ4n) is 2.53. The normalized spacial score (nSPS) is 23.8. The van der Waals surface area contributed by atoms with Crippen LogP contribution < -0.4 is 0 Å². The Morgan fingerprint density at radius 2 is 2.22 bits per heavy atom. The highest BCUT2D eigenvalue weighted by Gasteiger charge is 2.31. The molecule has 100 valence electrons. The lowest BCUT2D eigenvalue weighted by molar-refractivity contribution is 0.0688. The van der Waals surface area contributed by atoms with E-state index in [-0.39, 0.29) is 11.7 Å². The molecule has 2 N–H and O–H groups in total. The highest BCUT2D eigenvalue weighted by Crippen LogP contribution is 2.31. The van der Waals surface area contributed by atoms with Crippen LogP contribution >= 0.6 is 0 Å². The van der Waals surface area contributed by atoms with Crippen LogP contribution in [0.4, 0.5) is 0 Å². The van der Waals surface area contributed by atoms with E-state index in [9.17, 15) is 9.90 Å². The second-order valence-electron chi connectivity index (χ2n) is 5.30. The average molecular weight is 253 g/mol. The molecule has 18 heavy (non-hydrogen) atoms. The fourth-order valence-corrected chi connectivity index (χ4v) is 2.53. The molecule has 1 heterocycles. The van der Waals surface area contributed by atoms with E-state index in [1.807, 2.05) is 13.8 Å². The van der Waals surface area contributed by atoms with Crippen LogP contribution in [0, 0.1) is 5.92 Å². The van der Waals surface area contributed by atoms with Crippen molar-refractivity contribution in [3.8, 4) is 0 Å². The van der Waals surface area contributed by atoms with E-state index in [0.717, 1.165) is 19.3 Å². The molecule has 1 aliphatic rings. The zero-order valence-corrected chi connectivity index (χ0v) is 10.7. The Morgan fingerprint density at radius 1 is 1.50 bits per heavy atom. The van der Waals surface area contributed by atoms with Crippen molar-refractivity contribution in [2.75, 3.05) is 0 Å². The Bertz CT molecular complexity index is 442. The highest BCUT2D eigenvalue weighted by molar-refractivity contribution is 5.86. The topological polar surface area (TPSA) is 88.2 Å². The van der Waals surface area contributed by atoms with Crippen molar-refractivity contribution in [1.82, 2.24) is 15.0 Å². The molecule has 1 saturated carbocycles. The summed E-state index contributed by atoms with van der Waals surface area (Å²) < 4.78 is 1.63. The molecule has 1 aromatic heterocycles. The van der Waals surface area contributed by atoms with Gasteiger partial charge in [-0.15, -0.1) is 5.10 Å². The summed E-state index contributed by atoms with van der Waals surface area (Å²) in [6.07, 6.45) is 2.68. The predicted molar refractivity (Wildman–Crippen MR) is 64.4 cm³/mol. The van der Waals surface area contributed by atoms with Crippen molar-refractivity contribution in [1.29, 1.82) is 0 Å². The number of nitrogens with zero attached hydrogens (tertiary/aromatic N) is 3. The van der Waals surface area contributed by atoms with Gasteiger partial charge in [0, 0.05) is 0 Å². The molecule has 0 saturated heterocycles. The Balaban J connectivity index is 2.37. The molecule has 2 unspecified atom stereocenters. The third-order valence-electron chi connectivity index (χ3n) is 3.35. The van der Waals surface area contributed by atoms with Gasteiger partial charge in [0.2, 0.25) is 0 Å². The van der Waals surface area contributed by atoms with E-state index in [4.69, 9.17) is 5.11 Å². The van der Waals surface area contributed by atoms with Gasteiger partial charge >= 0.3 is 5.97 Å². The number of carboxylic acids is 1. The van der Waals surface area contributed by atoms with Crippen LogP contribution in [-0.2, 0) is 6.42 Å². The van der Waals surface area contributed by atoms with Gasteiger partial charge in [0.25, 0.3) is 0 Å². The number of rotatable bonds is 4. The van der Waals surface area contributed by atoms with Crippen LogP contribution in [-0.4, -0.2) is 37.3 Å². The number of aromatic carboxylic acids is 1. The minimum absolute atomic E-state index is 0.0165. The lowest BCUT2D eigenvalue weighted by Gasteiger charge is -2.18. The SMILES string of the molecule is CC(C)Cc1c(C(=O)O)nnn1C1CCCC1O. The first-order valence-corrected chi connectivity index (χ1v) is 6.36. The van der Waals surface area contributed by atoms with Crippen LogP contribution in [0.15, 0.2) is 0 Å². The van der Waals surface area contributed by atoms with E-state index < -0.39 is 12.1 Å². The molecule has 1 aliphatic carbocycles. The molecule has 0 radical (unpaired) electrons. The summed E-state index contributed by atoms with van der Waals surface area (Å²) in [6.45, 7) is 4.04. The number of aliphatic hydroxyl groups excluding tert-OH is 1. The van der Waals surface area contributed by atoms with Crippen LogP contribution in [0.2, 0.25) is 0 Å². The van der Waals surface area contributed by atoms with Crippen molar-refractivity contribution < 1.29 is 15.0 Å². The molecule has 0 aliphatic heterocycles. The van der Waals surface area contributed by atoms with Gasteiger partial charge in [0.1, 0.15) is 0 Å². The quantitative estimate of drug-likeness (QED) is 0.843. The van der Waals surface area contributed by atoms with Gasteiger partial charge in [-0.25, -0.2) is 9.48 Å². The number of aliphatic hydroxyl groups is 1. The maximum atomic E-state index is 11.1. The monoisotopic (exact) mass is 253 g/mol. The highest BCUT2D eigenvalue weighted by atomic mass is 16.4. The number of aromatic nitrogens is 3. The van der Waals surface area contributed by atoms with E-state index in [1.54, 1.807) is 4.68 Å². The van der Waals surface area contributed by atoms with E-state index >= 15 is 0 Å². The van der Waals surface area contributed by atoms with Crippen LogP contribution in [0.3, 0.4) is 0 Å². The van der Waals surface area contributed by atoms with Crippen LogP contribution in [0.5, 0.6) is 0 Å². The van der Waals surface area contributed by atoms with Crippen molar-refractivity contribution in [3.05, 3.63) is 11.4 Å². The molecule has 2 rings (SSSR count). The Labute approximate surface area is 106 Å². The van der Waals surface area contributed by atoms with Gasteiger partial charge in [-0.1, -0.05) is 19.1 Å². The van der Waals surface area contributed by atoms with Crippen molar-refractivity contribution in [2.24, 2.45) is 5.92 Å². The Morgan fingerprint density at radius 3 is 2.72 bits per heavy atom. The predicted octanol–water partition coefficient (Wildman–Crippen LogP) is 1.26. The standard InChI is InChI=1S/C12H19N3O3/c1-7(2)6-9-11(12(17)18)13-14-15(9)8-4-3-5-10(8)16/h7-8,10,16H,3-6H2,1-2H3,(H,17,18). The van der Waals surface area contributed by atoms with Gasteiger partial charge in [-0.3, -0.25) is 0 Å². The zero-order valence-electron chi connectivity index (χ0n) is 10.7. The summed E-state index contributed by atoms with van der Waals surface area (Å²) in [5, 5.41) is 26.7. The van der Waals surface area contributed by atoms with E-state index in [1.165, 1.54) is 0 Å². The lowest BCUT2D eigenvalue weighted by Crippen LogP contribution is -2.22. The maximum Gasteiger partial charge on any atom is 0.358 e. The van der Waals surface area contributed by atoms with E-state index in [2.05, 4.69) is 10.3 Å². The first kappa shape index (κ1) is 13.0. The number of carbonyl (C=O) groups is 1. The minimum Gasteiger partial charge on any atom is -0.476 e. The molecular formula is C12H19N3O3. The number of hydrogen-bond acceptors (Lipinski definition) is 4. The van der Waals surface area contributed by atoms with Crippen LogP contribution in [0.25, 0.3) is 0 Å². The summed E-state index contributed by atoms with van der Waals surface area (Å²) in [5.74, 6) is -0.733. The average Bonchev–Trinajstić information content (AvgIpc) is 2.83. The minimum atomic E-state index is -1.05.